The molecule has 1 atom stereocenters. The number of rotatable bonds is 3. The molecule has 2 N–H and O–H groups in total. The minimum absolute atomic E-state index is 0.137. The van der Waals surface area contributed by atoms with E-state index in [9.17, 15) is 5.26 Å². The van der Waals surface area contributed by atoms with Gasteiger partial charge >= 0.3 is 0 Å². The molecule has 0 radical (unpaired) electrons. The molecule has 3 aromatic carbocycles. The van der Waals surface area contributed by atoms with Gasteiger partial charge in [0.05, 0.1) is 11.6 Å². The van der Waals surface area contributed by atoms with Crippen LogP contribution in [0.15, 0.2) is 93.7 Å². The molecule has 0 saturated heterocycles. The molecule has 0 fully saturated rings. The number of allylic oxidation sites excluding steroid dienone is 1. The van der Waals surface area contributed by atoms with Gasteiger partial charge in [0.15, 0.2) is 0 Å². The summed E-state index contributed by atoms with van der Waals surface area (Å²) >= 11 is 3.42. The molecule has 136 valence electrons. The summed E-state index contributed by atoms with van der Waals surface area (Å²) in [5.41, 5.74) is 10.1. The lowest BCUT2D eigenvalue weighted by Gasteiger charge is -2.26. The average Bonchev–Trinajstić information content (AvgIpc) is 2.73. The maximum absolute atomic E-state index is 9.61. The van der Waals surface area contributed by atoms with Crippen molar-refractivity contribution < 1.29 is 4.74 Å². The molecule has 1 aliphatic heterocycles. The van der Waals surface area contributed by atoms with Gasteiger partial charge in [-0.05, 0) is 29.3 Å². The molecule has 0 aliphatic carbocycles. The summed E-state index contributed by atoms with van der Waals surface area (Å²) < 4.78 is 6.77. The van der Waals surface area contributed by atoms with Crippen LogP contribution in [0.2, 0.25) is 0 Å². The van der Waals surface area contributed by atoms with Crippen molar-refractivity contribution in [3.05, 3.63) is 105 Å². The van der Waals surface area contributed by atoms with Gasteiger partial charge in [-0.2, -0.15) is 5.26 Å². The molecule has 0 amide bonds. The second kappa shape index (κ2) is 7.71. The molecular weight excluding hydrogens is 414 g/mol. The van der Waals surface area contributed by atoms with Gasteiger partial charge < -0.3 is 10.5 Å². The molecule has 3 aromatic rings. The van der Waals surface area contributed by atoms with Gasteiger partial charge in [-0.15, -0.1) is 0 Å². The molecule has 1 heterocycles. The van der Waals surface area contributed by atoms with Crippen molar-refractivity contribution in [2.75, 3.05) is 0 Å². The third-order valence-electron chi connectivity index (χ3n) is 4.57. The number of halogens is 1. The highest BCUT2D eigenvalue weighted by molar-refractivity contribution is 9.10. The highest BCUT2D eigenvalue weighted by atomic mass is 79.9. The molecule has 5 heteroatoms. The zero-order valence-corrected chi connectivity index (χ0v) is 16.4. The third-order valence-corrected chi connectivity index (χ3v) is 5.10. The summed E-state index contributed by atoms with van der Waals surface area (Å²) in [4.78, 5) is 4.53. The summed E-state index contributed by atoms with van der Waals surface area (Å²) in [6.07, 6.45) is 1.80. The molecule has 0 bridgehead atoms. The third kappa shape index (κ3) is 3.55. The lowest BCUT2D eigenvalue weighted by Crippen LogP contribution is -2.20. The Morgan fingerprint density at radius 3 is 2.50 bits per heavy atom. The summed E-state index contributed by atoms with van der Waals surface area (Å²) in [6.45, 7) is 0. The van der Waals surface area contributed by atoms with Crippen molar-refractivity contribution in [1.29, 1.82) is 5.26 Å². The van der Waals surface area contributed by atoms with Crippen molar-refractivity contribution in [2.24, 2.45) is 10.7 Å². The van der Waals surface area contributed by atoms with Gasteiger partial charge in [-0.3, -0.25) is 4.99 Å². The predicted molar refractivity (Wildman–Crippen MR) is 114 cm³/mol. The van der Waals surface area contributed by atoms with Crippen molar-refractivity contribution in [1.82, 2.24) is 0 Å². The standard InChI is InChI=1S/C23H16BrN3O/c24-17-8-6-15(7-9-17)14-27-18-10-11-19-21(12-18)28-23(26)20(13-25)22(19)16-4-2-1-3-5-16/h1-12,14,22H,26H2/t22-/m0/s1. The van der Waals surface area contributed by atoms with Crippen molar-refractivity contribution in [3.8, 4) is 11.8 Å². The maximum Gasteiger partial charge on any atom is 0.205 e. The van der Waals surface area contributed by atoms with Gasteiger partial charge in [0, 0.05) is 22.3 Å². The first-order chi connectivity index (χ1) is 13.7. The molecule has 28 heavy (non-hydrogen) atoms. The molecule has 0 unspecified atom stereocenters. The number of nitrogens with zero attached hydrogens (tertiary/aromatic N) is 2. The second-order valence-electron chi connectivity index (χ2n) is 6.37. The van der Waals surface area contributed by atoms with Crippen molar-refractivity contribution >= 4 is 27.8 Å². The van der Waals surface area contributed by atoms with Gasteiger partial charge in [-0.1, -0.05) is 64.5 Å². The smallest absolute Gasteiger partial charge is 0.205 e. The van der Waals surface area contributed by atoms with Crippen LogP contribution >= 0.6 is 15.9 Å². The van der Waals surface area contributed by atoms with Crippen LogP contribution in [0.4, 0.5) is 5.69 Å². The van der Waals surface area contributed by atoms with Crippen LogP contribution in [0.1, 0.15) is 22.6 Å². The van der Waals surface area contributed by atoms with Crippen LogP contribution in [0.3, 0.4) is 0 Å². The van der Waals surface area contributed by atoms with E-state index in [-0.39, 0.29) is 11.8 Å². The topological polar surface area (TPSA) is 71.4 Å². The maximum atomic E-state index is 9.61. The van der Waals surface area contributed by atoms with E-state index in [1.54, 1.807) is 6.21 Å². The summed E-state index contributed by atoms with van der Waals surface area (Å²) in [6, 6.07) is 25.7. The number of benzene rings is 3. The van der Waals surface area contributed by atoms with E-state index in [4.69, 9.17) is 10.5 Å². The van der Waals surface area contributed by atoms with Gasteiger partial charge in [-0.25, -0.2) is 0 Å². The first kappa shape index (κ1) is 18.0. The molecular formula is C23H16BrN3O. The normalized spacial score (nSPS) is 15.8. The van der Waals surface area contributed by atoms with Crippen LogP contribution in [-0.4, -0.2) is 6.21 Å². The lowest BCUT2D eigenvalue weighted by atomic mass is 9.83. The fourth-order valence-corrected chi connectivity index (χ4v) is 3.48. The van der Waals surface area contributed by atoms with E-state index in [1.165, 1.54) is 0 Å². The first-order valence-corrected chi connectivity index (χ1v) is 9.51. The number of nitriles is 1. The Morgan fingerprint density at radius 1 is 1.04 bits per heavy atom. The Balaban J connectivity index is 1.71. The molecule has 0 spiro atoms. The monoisotopic (exact) mass is 429 g/mol. The van der Waals surface area contributed by atoms with Crippen molar-refractivity contribution in [3.63, 3.8) is 0 Å². The average molecular weight is 430 g/mol. The fourth-order valence-electron chi connectivity index (χ4n) is 3.21. The highest BCUT2D eigenvalue weighted by Crippen LogP contribution is 2.43. The molecule has 4 nitrogen and oxygen atoms in total. The van der Waals surface area contributed by atoms with E-state index in [0.29, 0.717) is 11.3 Å². The van der Waals surface area contributed by atoms with Crippen LogP contribution in [-0.2, 0) is 0 Å². The Kier molecular flexibility index (Phi) is 4.96. The van der Waals surface area contributed by atoms with Gasteiger partial charge in [0.2, 0.25) is 5.88 Å². The zero-order chi connectivity index (χ0) is 19.5. The minimum Gasteiger partial charge on any atom is -0.440 e. The van der Waals surface area contributed by atoms with Gasteiger partial charge in [0.25, 0.3) is 0 Å². The number of hydrogen-bond donors (Lipinski definition) is 1. The minimum atomic E-state index is -0.251. The Labute approximate surface area is 171 Å². The summed E-state index contributed by atoms with van der Waals surface area (Å²) in [7, 11) is 0. The Morgan fingerprint density at radius 2 is 1.79 bits per heavy atom. The Hall–Kier alpha value is -3.36. The number of hydrogen-bond acceptors (Lipinski definition) is 4. The first-order valence-electron chi connectivity index (χ1n) is 8.72. The molecule has 4 rings (SSSR count). The molecule has 0 saturated carbocycles. The second-order valence-corrected chi connectivity index (χ2v) is 7.28. The van der Waals surface area contributed by atoms with Gasteiger partial charge in [0.1, 0.15) is 17.4 Å². The molecule has 1 aliphatic rings. The van der Waals surface area contributed by atoms with E-state index in [1.807, 2.05) is 72.8 Å². The number of aliphatic imine (C=N–C) groups is 1. The van der Waals surface area contributed by atoms with Crippen LogP contribution < -0.4 is 10.5 Å². The number of ether oxygens (including phenoxy) is 1. The summed E-state index contributed by atoms with van der Waals surface area (Å²) in [5.74, 6) is 0.508. The van der Waals surface area contributed by atoms with E-state index in [2.05, 4.69) is 27.0 Å². The largest absolute Gasteiger partial charge is 0.440 e. The SMILES string of the molecule is N#CC1=C(N)Oc2cc(N=Cc3ccc(Br)cc3)ccc2[C@@H]1c1ccccc1. The van der Waals surface area contributed by atoms with E-state index < -0.39 is 0 Å². The summed E-state index contributed by atoms with van der Waals surface area (Å²) in [5, 5.41) is 9.61. The quantitative estimate of drug-likeness (QED) is 0.565. The van der Waals surface area contributed by atoms with Crippen molar-refractivity contribution in [2.45, 2.75) is 5.92 Å². The van der Waals surface area contributed by atoms with Crippen LogP contribution in [0.25, 0.3) is 0 Å². The lowest BCUT2D eigenvalue weighted by molar-refractivity contribution is 0.394. The van der Waals surface area contributed by atoms with Crippen LogP contribution in [0, 0.1) is 11.3 Å². The number of nitrogens with two attached hydrogens (primary N) is 1. The van der Waals surface area contributed by atoms with E-state index in [0.717, 1.165) is 26.9 Å². The fraction of sp³-hybridized carbons (Fsp3) is 0.0435. The zero-order valence-electron chi connectivity index (χ0n) is 14.8. The highest BCUT2D eigenvalue weighted by Gasteiger charge is 2.30. The van der Waals surface area contributed by atoms with E-state index >= 15 is 0 Å². The van der Waals surface area contributed by atoms with Crippen LogP contribution in [0.5, 0.6) is 5.75 Å². The molecule has 0 aromatic heterocycles. The predicted octanol–water partition coefficient (Wildman–Crippen LogP) is 5.42. The number of fused-ring (bicyclic) bond motifs is 1. The Bertz CT molecular complexity index is 1110.